The molecular formula is C20H16ClNO3S. The molecule has 0 saturated carbocycles. The highest BCUT2D eigenvalue weighted by Crippen LogP contribution is 2.43. The van der Waals surface area contributed by atoms with Crippen molar-refractivity contribution in [1.82, 2.24) is 3.97 Å². The maximum absolute atomic E-state index is 13.5. The molecule has 0 spiro atoms. The lowest BCUT2D eigenvalue weighted by atomic mass is 10.0. The Morgan fingerprint density at radius 2 is 1.88 bits per heavy atom. The number of aryl methyl sites for hydroxylation is 1. The molecule has 0 saturated heterocycles. The largest absolute Gasteiger partial charge is 0.360 e. The quantitative estimate of drug-likeness (QED) is 0.614. The van der Waals surface area contributed by atoms with E-state index in [2.05, 4.69) is 0 Å². The van der Waals surface area contributed by atoms with E-state index in [4.69, 9.17) is 16.3 Å². The second-order valence-electron chi connectivity index (χ2n) is 6.79. The zero-order chi connectivity index (χ0) is 18.1. The van der Waals surface area contributed by atoms with Gasteiger partial charge in [0.15, 0.2) is 0 Å². The molecule has 0 fully saturated rings. The first-order valence-corrected chi connectivity index (χ1v) is 10.3. The number of rotatable bonds is 2. The minimum Gasteiger partial charge on any atom is -0.360 e. The molecule has 26 heavy (non-hydrogen) atoms. The van der Waals surface area contributed by atoms with Gasteiger partial charge in [-0.3, -0.25) is 0 Å². The van der Waals surface area contributed by atoms with Crippen molar-refractivity contribution < 1.29 is 13.2 Å². The Morgan fingerprint density at radius 3 is 2.65 bits per heavy atom. The van der Waals surface area contributed by atoms with Crippen LogP contribution in [0.1, 0.15) is 22.9 Å². The van der Waals surface area contributed by atoms with Crippen LogP contribution in [0, 0.1) is 6.92 Å². The van der Waals surface area contributed by atoms with Crippen LogP contribution in [0.25, 0.3) is 10.9 Å². The van der Waals surface area contributed by atoms with Crippen LogP contribution in [0.4, 0.5) is 0 Å². The third-order valence-electron chi connectivity index (χ3n) is 5.09. The molecule has 6 heteroatoms. The molecule has 0 aliphatic carbocycles. The third-order valence-corrected chi connectivity index (χ3v) is 7.06. The van der Waals surface area contributed by atoms with Crippen LogP contribution < -0.4 is 0 Å². The molecule has 2 unspecified atom stereocenters. The van der Waals surface area contributed by atoms with Crippen LogP contribution in [0.5, 0.6) is 0 Å². The predicted molar refractivity (Wildman–Crippen MR) is 101 cm³/mol. The summed E-state index contributed by atoms with van der Waals surface area (Å²) in [5.74, 6) is 0. The number of benzene rings is 2. The van der Waals surface area contributed by atoms with Crippen molar-refractivity contribution in [2.24, 2.45) is 0 Å². The highest BCUT2D eigenvalue weighted by Gasteiger charge is 2.38. The van der Waals surface area contributed by atoms with E-state index in [0.29, 0.717) is 22.7 Å². The number of hydrogen-bond acceptors (Lipinski definition) is 3. The molecule has 0 amide bonds. The van der Waals surface area contributed by atoms with Gasteiger partial charge in [0.25, 0.3) is 10.0 Å². The molecule has 0 radical (unpaired) electrons. The molecule has 3 heterocycles. The minimum atomic E-state index is -3.78. The Bertz CT molecular complexity index is 1180. The first kappa shape index (κ1) is 16.1. The van der Waals surface area contributed by atoms with Gasteiger partial charge in [0.05, 0.1) is 22.2 Å². The van der Waals surface area contributed by atoms with Crippen molar-refractivity contribution in [3.63, 3.8) is 0 Å². The molecule has 1 aromatic heterocycles. The average Bonchev–Trinajstić information content (AvgIpc) is 3.15. The topological polar surface area (TPSA) is 48.3 Å². The second kappa shape index (κ2) is 5.46. The number of aromatic nitrogens is 1. The monoisotopic (exact) mass is 385 g/mol. The van der Waals surface area contributed by atoms with Gasteiger partial charge in [-0.25, -0.2) is 12.4 Å². The normalized spacial score (nSPS) is 21.3. The van der Waals surface area contributed by atoms with E-state index in [1.807, 2.05) is 25.1 Å². The van der Waals surface area contributed by atoms with E-state index in [1.165, 1.54) is 3.97 Å². The molecular weight excluding hydrogens is 370 g/mol. The fourth-order valence-corrected chi connectivity index (χ4v) is 5.61. The van der Waals surface area contributed by atoms with Crippen molar-refractivity contribution in [1.29, 1.82) is 0 Å². The van der Waals surface area contributed by atoms with E-state index in [1.54, 1.807) is 36.4 Å². The summed E-state index contributed by atoms with van der Waals surface area (Å²) in [6.07, 6.45) is 4.27. The lowest BCUT2D eigenvalue weighted by Gasteiger charge is -2.23. The highest BCUT2D eigenvalue weighted by molar-refractivity contribution is 7.90. The van der Waals surface area contributed by atoms with Crippen molar-refractivity contribution in [2.45, 2.75) is 30.4 Å². The van der Waals surface area contributed by atoms with Crippen LogP contribution in [0.15, 0.2) is 59.5 Å². The molecule has 2 aliphatic rings. The Kier molecular flexibility index (Phi) is 3.38. The molecule has 2 aromatic carbocycles. The van der Waals surface area contributed by atoms with Gasteiger partial charge in [-0.1, -0.05) is 47.5 Å². The number of nitrogens with zero attached hydrogens (tertiary/aromatic N) is 1. The highest BCUT2D eigenvalue weighted by atomic mass is 35.5. The van der Waals surface area contributed by atoms with Gasteiger partial charge in [0.2, 0.25) is 0 Å². The fourth-order valence-electron chi connectivity index (χ4n) is 3.87. The molecule has 3 aromatic rings. The van der Waals surface area contributed by atoms with Crippen LogP contribution in [-0.4, -0.2) is 18.5 Å². The minimum absolute atomic E-state index is 0.00399. The van der Waals surface area contributed by atoms with Crippen molar-refractivity contribution >= 4 is 32.5 Å². The Labute approximate surface area is 156 Å². The standard InChI is InChI=1S/C20H16ClNO3S/c1-12-2-6-15(7-3-12)26(23,24)22-18-10-13(21)4-8-16(18)17-11-14-5-9-19(25-14)20(17)22/h2-10,14,19H,11H2,1H3. The van der Waals surface area contributed by atoms with E-state index in [0.717, 1.165) is 16.5 Å². The number of ether oxygens (including phenoxy) is 1. The lowest BCUT2D eigenvalue weighted by Crippen LogP contribution is -2.23. The summed E-state index contributed by atoms with van der Waals surface area (Å²) in [6.45, 7) is 1.93. The van der Waals surface area contributed by atoms with Crippen LogP contribution in [0.2, 0.25) is 5.02 Å². The van der Waals surface area contributed by atoms with Gasteiger partial charge < -0.3 is 4.74 Å². The number of hydrogen-bond donors (Lipinski definition) is 0. The molecule has 4 nitrogen and oxygen atoms in total. The molecule has 2 bridgehead atoms. The van der Waals surface area contributed by atoms with Crippen LogP contribution >= 0.6 is 11.6 Å². The van der Waals surface area contributed by atoms with Crippen molar-refractivity contribution in [3.05, 3.63) is 76.5 Å². The molecule has 132 valence electrons. The number of fused-ring (bicyclic) bond motifs is 6. The van der Waals surface area contributed by atoms with E-state index in [-0.39, 0.29) is 17.1 Å². The van der Waals surface area contributed by atoms with Crippen LogP contribution in [0.3, 0.4) is 0 Å². The zero-order valence-corrected chi connectivity index (χ0v) is 15.6. The molecule has 0 N–H and O–H groups in total. The summed E-state index contributed by atoms with van der Waals surface area (Å²) < 4.78 is 34.4. The summed E-state index contributed by atoms with van der Waals surface area (Å²) in [5.41, 5.74) is 3.33. The van der Waals surface area contributed by atoms with Gasteiger partial charge >= 0.3 is 0 Å². The Hall–Kier alpha value is -2.08. The summed E-state index contributed by atoms with van der Waals surface area (Å²) in [6, 6.07) is 12.3. The predicted octanol–water partition coefficient (Wildman–Crippen LogP) is 4.39. The van der Waals surface area contributed by atoms with Crippen molar-refractivity contribution in [3.8, 4) is 0 Å². The van der Waals surface area contributed by atoms with Gasteiger partial charge in [-0.05, 0) is 36.8 Å². The maximum atomic E-state index is 13.5. The Balaban J connectivity index is 1.86. The summed E-state index contributed by atoms with van der Waals surface area (Å²) in [4.78, 5) is 0.256. The van der Waals surface area contributed by atoms with Gasteiger partial charge in [-0.2, -0.15) is 0 Å². The van der Waals surface area contributed by atoms with Gasteiger partial charge in [0.1, 0.15) is 6.10 Å². The molecule has 2 atom stereocenters. The maximum Gasteiger partial charge on any atom is 0.268 e. The van der Waals surface area contributed by atoms with E-state index in [9.17, 15) is 8.42 Å². The van der Waals surface area contributed by atoms with E-state index >= 15 is 0 Å². The third kappa shape index (κ3) is 2.21. The Morgan fingerprint density at radius 1 is 1.12 bits per heavy atom. The SMILES string of the molecule is Cc1ccc(S(=O)(=O)n2c3c(c4ccc(Cl)cc42)CC2C=CC3O2)cc1. The average molecular weight is 386 g/mol. The smallest absolute Gasteiger partial charge is 0.268 e. The van der Waals surface area contributed by atoms with Gasteiger partial charge in [0, 0.05) is 16.8 Å². The lowest BCUT2D eigenvalue weighted by molar-refractivity contribution is 0.0456. The summed E-state index contributed by atoms with van der Waals surface area (Å²) in [5, 5.41) is 1.43. The first-order chi connectivity index (χ1) is 12.4. The zero-order valence-electron chi connectivity index (χ0n) is 14.0. The number of halogens is 1. The second-order valence-corrected chi connectivity index (χ2v) is 9.02. The van der Waals surface area contributed by atoms with E-state index < -0.39 is 10.0 Å². The molecule has 2 aliphatic heterocycles. The molecule has 5 rings (SSSR count). The summed E-state index contributed by atoms with van der Waals surface area (Å²) >= 11 is 6.20. The van der Waals surface area contributed by atoms with Crippen LogP contribution in [-0.2, 0) is 21.2 Å². The van der Waals surface area contributed by atoms with Crippen molar-refractivity contribution in [2.75, 3.05) is 0 Å². The van der Waals surface area contributed by atoms with Gasteiger partial charge in [-0.15, -0.1) is 0 Å². The summed E-state index contributed by atoms with van der Waals surface area (Å²) in [7, 11) is -3.78. The fraction of sp³-hybridized carbons (Fsp3) is 0.200. The first-order valence-electron chi connectivity index (χ1n) is 8.44.